The third-order valence-electron chi connectivity index (χ3n) is 2.33. The normalized spacial score (nSPS) is 12.2. The predicted octanol–water partition coefficient (Wildman–Crippen LogP) is 2.21. The first-order valence-corrected chi connectivity index (χ1v) is 5.98. The van der Waals surface area contributed by atoms with Crippen LogP contribution < -0.4 is 0 Å². The summed E-state index contributed by atoms with van der Waals surface area (Å²) in [5, 5.41) is 20.4. The Bertz CT molecular complexity index is 698. The van der Waals surface area contributed by atoms with Gasteiger partial charge in [0.1, 0.15) is 0 Å². The Kier molecular flexibility index (Phi) is 2.52. The molecule has 0 spiro atoms. The highest BCUT2D eigenvalue weighted by Crippen LogP contribution is 2.23. The molecule has 6 nitrogen and oxygen atoms in total. The van der Waals surface area contributed by atoms with Crippen LogP contribution in [0.5, 0.6) is 0 Å². The number of benzene rings is 1. The number of nitrogens with zero attached hydrogens (tertiary/aromatic N) is 4. The van der Waals surface area contributed by atoms with E-state index in [0.29, 0.717) is 10.9 Å². The van der Waals surface area contributed by atoms with Crippen molar-refractivity contribution in [2.24, 2.45) is 5.16 Å². The van der Waals surface area contributed by atoms with E-state index in [1.54, 1.807) is 6.92 Å². The van der Waals surface area contributed by atoms with Crippen LogP contribution in [0.2, 0.25) is 0 Å². The first-order chi connectivity index (χ1) is 8.78. The number of para-hydroxylation sites is 1. The highest BCUT2D eigenvalue weighted by Gasteiger charge is 2.18. The van der Waals surface area contributed by atoms with E-state index in [-0.39, 0.29) is 11.6 Å². The van der Waals surface area contributed by atoms with Gasteiger partial charge in [0.05, 0.1) is 10.2 Å². The maximum atomic E-state index is 9.09. The smallest absolute Gasteiger partial charge is 0.272 e. The van der Waals surface area contributed by atoms with E-state index in [0.717, 1.165) is 10.2 Å². The molecule has 7 heteroatoms. The fourth-order valence-corrected chi connectivity index (χ4v) is 2.48. The molecule has 0 bridgehead atoms. The molecule has 90 valence electrons. The summed E-state index contributed by atoms with van der Waals surface area (Å²) in [6.07, 6.45) is 0. The van der Waals surface area contributed by atoms with E-state index in [1.807, 2.05) is 24.3 Å². The number of hydrogen-bond acceptors (Lipinski definition) is 7. The molecular formula is C11H8N4O2S. The zero-order chi connectivity index (χ0) is 12.5. The lowest BCUT2D eigenvalue weighted by Crippen LogP contribution is -2.03. The zero-order valence-electron chi connectivity index (χ0n) is 9.36. The fourth-order valence-electron chi connectivity index (χ4n) is 1.54. The highest BCUT2D eigenvalue weighted by molar-refractivity contribution is 7.20. The lowest BCUT2D eigenvalue weighted by molar-refractivity contribution is 0.318. The average molecular weight is 260 g/mol. The summed E-state index contributed by atoms with van der Waals surface area (Å²) in [4.78, 5) is 4.37. The van der Waals surface area contributed by atoms with Crippen LogP contribution in [0.4, 0.5) is 0 Å². The van der Waals surface area contributed by atoms with E-state index in [4.69, 9.17) is 9.62 Å². The summed E-state index contributed by atoms with van der Waals surface area (Å²) in [6.45, 7) is 1.67. The molecule has 0 fully saturated rings. The van der Waals surface area contributed by atoms with Crippen LogP contribution in [0.25, 0.3) is 10.2 Å². The van der Waals surface area contributed by atoms with Crippen molar-refractivity contribution in [1.29, 1.82) is 0 Å². The van der Waals surface area contributed by atoms with Gasteiger partial charge < -0.3 is 9.62 Å². The lowest BCUT2D eigenvalue weighted by Gasteiger charge is -1.92. The molecule has 0 atom stereocenters. The summed E-state index contributed by atoms with van der Waals surface area (Å²) in [6, 6.07) is 7.67. The number of aromatic nitrogens is 3. The largest absolute Gasteiger partial charge is 0.419 e. The Hall–Kier alpha value is -2.28. The van der Waals surface area contributed by atoms with Crippen LogP contribution in [-0.2, 0) is 0 Å². The molecular weight excluding hydrogens is 252 g/mol. The first kappa shape index (κ1) is 10.8. The monoisotopic (exact) mass is 260 g/mol. The third kappa shape index (κ3) is 1.74. The van der Waals surface area contributed by atoms with Gasteiger partial charge in [0.2, 0.25) is 11.6 Å². The van der Waals surface area contributed by atoms with E-state index in [9.17, 15) is 0 Å². The molecule has 2 heterocycles. The Morgan fingerprint density at radius 2 is 2.17 bits per heavy atom. The van der Waals surface area contributed by atoms with Crippen LogP contribution in [0.15, 0.2) is 33.8 Å². The second-order valence-electron chi connectivity index (χ2n) is 3.56. The van der Waals surface area contributed by atoms with Gasteiger partial charge in [0.25, 0.3) is 5.89 Å². The van der Waals surface area contributed by atoms with Crippen molar-refractivity contribution in [3.05, 3.63) is 41.1 Å². The molecule has 0 aliphatic rings. The molecule has 2 aromatic heterocycles. The molecule has 0 aliphatic heterocycles. The molecule has 1 N–H and O–H groups in total. The molecule has 3 aromatic rings. The minimum absolute atomic E-state index is 0.161. The van der Waals surface area contributed by atoms with Crippen molar-refractivity contribution >= 4 is 27.3 Å². The number of fused-ring (bicyclic) bond motifs is 1. The Morgan fingerprint density at radius 1 is 1.33 bits per heavy atom. The maximum Gasteiger partial charge on any atom is 0.272 e. The van der Waals surface area contributed by atoms with Gasteiger partial charge in [-0.1, -0.05) is 17.3 Å². The van der Waals surface area contributed by atoms with Crippen LogP contribution in [0.3, 0.4) is 0 Å². The molecule has 0 unspecified atom stereocenters. The number of rotatable bonds is 2. The second kappa shape index (κ2) is 4.19. The molecule has 18 heavy (non-hydrogen) atoms. The number of oxime groups is 1. The summed E-state index contributed by atoms with van der Waals surface area (Å²) in [5.41, 5.74) is 1.03. The van der Waals surface area contributed by atoms with Gasteiger partial charge in [-0.15, -0.1) is 21.5 Å². The van der Waals surface area contributed by atoms with Crippen LogP contribution in [-0.4, -0.2) is 26.1 Å². The van der Waals surface area contributed by atoms with Crippen LogP contribution in [0, 0.1) is 6.92 Å². The van der Waals surface area contributed by atoms with Gasteiger partial charge in [0, 0.05) is 6.92 Å². The van der Waals surface area contributed by atoms with Gasteiger partial charge in [-0.2, -0.15) is 0 Å². The number of aryl methyl sites for hydroxylation is 1. The van der Waals surface area contributed by atoms with Gasteiger partial charge in [-0.3, -0.25) is 0 Å². The second-order valence-corrected chi connectivity index (χ2v) is 4.59. The van der Waals surface area contributed by atoms with Crippen molar-refractivity contribution in [2.45, 2.75) is 6.92 Å². The standard InChI is InChI=1S/C11H8N4O2S/c1-6-13-14-10(17-6)9(15-16)11-12-7-4-2-3-5-8(7)18-11/h2-5,16H,1H3/b15-9+. The maximum absolute atomic E-state index is 9.09. The predicted molar refractivity (Wildman–Crippen MR) is 66.1 cm³/mol. The van der Waals surface area contributed by atoms with E-state index in [2.05, 4.69) is 20.3 Å². The van der Waals surface area contributed by atoms with Gasteiger partial charge in [0.15, 0.2) is 5.01 Å². The molecule has 0 saturated heterocycles. The third-order valence-corrected chi connectivity index (χ3v) is 3.37. The summed E-state index contributed by atoms with van der Waals surface area (Å²) in [7, 11) is 0. The topological polar surface area (TPSA) is 84.4 Å². The first-order valence-electron chi connectivity index (χ1n) is 5.16. The molecule has 0 radical (unpaired) electrons. The fraction of sp³-hybridized carbons (Fsp3) is 0.0909. The van der Waals surface area contributed by atoms with Crippen LogP contribution >= 0.6 is 11.3 Å². The van der Waals surface area contributed by atoms with E-state index in [1.165, 1.54) is 11.3 Å². The van der Waals surface area contributed by atoms with Gasteiger partial charge in [-0.05, 0) is 12.1 Å². The minimum Gasteiger partial charge on any atom is -0.419 e. The van der Waals surface area contributed by atoms with Crippen molar-refractivity contribution in [3.8, 4) is 0 Å². The molecule has 3 rings (SSSR count). The van der Waals surface area contributed by atoms with Crippen molar-refractivity contribution in [2.75, 3.05) is 0 Å². The van der Waals surface area contributed by atoms with Gasteiger partial charge >= 0.3 is 0 Å². The summed E-state index contributed by atoms with van der Waals surface area (Å²) < 4.78 is 6.25. The highest BCUT2D eigenvalue weighted by atomic mass is 32.1. The molecule has 0 saturated carbocycles. The Morgan fingerprint density at radius 3 is 2.83 bits per heavy atom. The van der Waals surface area contributed by atoms with Crippen LogP contribution in [0.1, 0.15) is 16.8 Å². The summed E-state index contributed by atoms with van der Waals surface area (Å²) >= 11 is 1.40. The summed E-state index contributed by atoms with van der Waals surface area (Å²) in [5.74, 6) is 0.571. The molecule has 0 aliphatic carbocycles. The van der Waals surface area contributed by atoms with E-state index < -0.39 is 0 Å². The minimum atomic E-state index is 0.161. The van der Waals surface area contributed by atoms with Crippen molar-refractivity contribution in [3.63, 3.8) is 0 Å². The van der Waals surface area contributed by atoms with Crippen molar-refractivity contribution < 1.29 is 9.62 Å². The zero-order valence-corrected chi connectivity index (χ0v) is 10.2. The lowest BCUT2D eigenvalue weighted by atomic mass is 10.3. The van der Waals surface area contributed by atoms with Gasteiger partial charge in [-0.25, -0.2) is 4.98 Å². The average Bonchev–Trinajstić information content (AvgIpc) is 2.96. The Labute approximate surface area is 106 Å². The SMILES string of the molecule is Cc1nnc(/C(=N\O)c2nc3ccccc3s2)o1. The molecule has 1 aromatic carbocycles. The molecule has 0 amide bonds. The van der Waals surface area contributed by atoms with Crippen molar-refractivity contribution in [1.82, 2.24) is 15.2 Å². The quantitative estimate of drug-likeness (QED) is 0.434. The number of hydrogen-bond donors (Lipinski definition) is 1. The van der Waals surface area contributed by atoms with E-state index >= 15 is 0 Å². The Balaban J connectivity index is 2.12. The number of thiazole rings is 1.